The Morgan fingerprint density at radius 1 is 1.30 bits per heavy atom. The lowest BCUT2D eigenvalue weighted by molar-refractivity contribution is -0.137. The van der Waals surface area contributed by atoms with E-state index in [0.717, 1.165) is 31.7 Å². The van der Waals surface area contributed by atoms with Crippen LogP contribution < -0.4 is 5.32 Å². The summed E-state index contributed by atoms with van der Waals surface area (Å²) in [7, 11) is 0. The Kier molecular flexibility index (Phi) is 5.87. The highest BCUT2D eigenvalue weighted by molar-refractivity contribution is 5.56. The van der Waals surface area contributed by atoms with Gasteiger partial charge in [0.25, 0.3) is 0 Å². The van der Waals surface area contributed by atoms with Crippen molar-refractivity contribution in [3.05, 3.63) is 29.3 Å². The van der Waals surface area contributed by atoms with Gasteiger partial charge in [0.2, 0.25) is 0 Å². The second kappa shape index (κ2) is 7.18. The third-order valence-electron chi connectivity index (χ3n) is 3.10. The maximum Gasteiger partial charge on any atom is 0.418 e. The van der Waals surface area contributed by atoms with Crippen molar-refractivity contribution in [1.82, 2.24) is 0 Å². The van der Waals surface area contributed by atoms with E-state index in [0.29, 0.717) is 0 Å². The zero-order valence-corrected chi connectivity index (χ0v) is 11.7. The number of nitrogens with one attached hydrogen (secondary N) is 1. The summed E-state index contributed by atoms with van der Waals surface area (Å²) in [5.74, 6) is 0. The van der Waals surface area contributed by atoms with Gasteiger partial charge in [0.15, 0.2) is 0 Å². The average molecular weight is 284 g/mol. The maximum absolute atomic E-state index is 13.0. The van der Waals surface area contributed by atoms with Crippen LogP contribution in [0.25, 0.3) is 0 Å². The van der Waals surface area contributed by atoms with Gasteiger partial charge in [-0.25, -0.2) is 0 Å². The topological polar surface area (TPSA) is 35.8 Å². The fourth-order valence-corrected chi connectivity index (χ4v) is 2.01. The van der Waals surface area contributed by atoms with Crippen LogP contribution in [0.4, 0.5) is 18.9 Å². The normalized spacial score (nSPS) is 12.8. The molecular weight excluding hydrogens is 265 g/mol. The molecule has 0 radical (unpaired) electrons. The number of hydrogen-bond donors (Lipinski definition) is 1. The van der Waals surface area contributed by atoms with Crippen LogP contribution in [0.5, 0.6) is 0 Å². The number of unbranched alkanes of at least 4 members (excludes halogenated alkanes) is 2. The van der Waals surface area contributed by atoms with Crippen molar-refractivity contribution < 1.29 is 13.2 Å². The molecule has 0 aromatic heterocycles. The molecule has 0 aliphatic rings. The minimum Gasteiger partial charge on any atom is -0.382 e. The van der Waals surface area contributed by atoms with Gasteiger partial charge >= 0.3 is 6.18 Å². The Morgan fingerprint density at radius 3 is 2.55 bits per heavy atom. The number of nitriles is 1. The van der Waals surface area contributed by atoms with Crippen LogP contribution >= 0.6 is 0 Å². The van der Waals surface area contributed by atoms with Crippen molar-refractivity contribution in [3.63, 3.8) is 0 Å². The Morgan fingerprint density at radius 2 is 2.00 bits per heavy atom. The van der Waals surface area contributed by atoms with Gasteiger partial charge in [0.05, 0.1) is 17.2 Å². The molecule has 1 aromatic rings. The van der Waals surface area contributed by atoms with E-state index in [1.54, 1.807) is 6.07 Å². The van der Waals surface area contributed by atoms with Crippen LogP contribution in [0.2, 0.25) is 0 Å². The second-order valence-corrected chi connectivity index (χ2v) is 4.91. The van der Waals surface area contributed by atoms with Crippen molar-refractivity contribution in [1.29, 1.82) is 5.26 Å². The number of benzene rings is 1. The lowest BCUT2D eigenvalue weighted by Crippen LogP contribution is -2.18. The predicted molar refractivity (Wildman–Crippen MR) is 73.4 cm³/mol. The number of anilines is 1. The number of alkyl halides is 3. The van der Waals surface area contributed by atoms with Crippen LogP contribution in [0.3, 0.4) is 0 Å². The van der Waals surface area contributed by atoms with Crippen molar-refractivity contribution in [2.75, 3.05) is 5.32 Å². The van der Waals surface area contributed by atoms with Gasteiger partial charge < -0.3 is 5.32 Å². The largest absolute Gasteiger partial charge is 0.418 e. The molecule has 1 atom stereocenters. The molecule has 0 heterocycles. The molecule has 0 aliphatic carbocycles. The van der Waals surface area contributed by atoms with E-state index in [4.69, 9.17) is 5.26 Å². The molecule has 0 amide bonds. The summed E-state index contributed by atoms with van der Waals surface area (Å²) in [5.41, 5.74) is -0.721. The highest BCUT2D eigenvalue weighted by Gasteiger charge is 2.34. The van der Waals surface area contributed by atoms with E-state index >= 15 is 0 Å². The van der Waals surface area contributed by atoms with Crippen LogP contribution in [0.15, 0.2) is 18.2 Å². The number of hydrogen-bond acceptors (Lipinski definition) is 2. The smallest absolute Gasteiger partial charge is 0.382 e. The molecule has 0 aliphatic heterocycles. The Bertz CT molecular complexity index is 475. The third kappa shape index (κ3) is 4.76. The molecule has 0 saturated carbocycles. The van der Waals surface area contributed by atoms with E-state index < -0.39 is 11.7 Å². The molecule has 0 saturated heterocycles. The molecule has 1 N–H and O–H groups in total. The molecule has 5 heteroatoms. The molecule has 0 fully saturated rings. The zero-order chi connectivity index (χ0) is 15.2. The SMILES string of the molecule is CCCCCC(C)Nc1ccc(C#N)cc1C(F)(F)F. The Hall–Kier alpha value is -1.70. The maximum atomic E-state index is 13.0. The van der Waals surface area contributed by atoms with Gasteiger partial charge in [-0.15, -0.1) is 0 Å². The van der Waals surface area contributed by atoms with Gasteiger partial charge in [0.1, 0.15) is 0 Å². The van der Waals surface area contributed by atoms with Crippen molar-refractivity contribution in [2.24, 2.45) is 0 Å². The first-order valence-corrected chi connectivity index (χ1v) is 6.76. The standard InChI is InChI=1S/C15H19F3N2/c1-3-4-5-6-11(2)20-14-8-7-12(10-19)9-13(14)15(16,17)18/h7-9,11,20H,3-6H2,1-2H3. The van der Waals surface area contributed by atoms with Crippen molar-refractivity contribution >= 4 is 5.69 Å². The zero-order valence-electron chi connectivity index (χ0n) is 11.7. The molecule has 1 rings (SSSR count). The van der Waals surface area contributed by atoms with Gasteiger partial charge in [0, 0.05) is 11.7 Å². The van der Waals surface area contributed by atoms with Gasteiger partial charge in [-0.2, -0.15) is 18.4 Å². The van der Waals surface area contributed by atoms with Crippen LogP contribution in [-0.2, 0) is 6.18 Å². The first-order chi connectivity index (χ1) is 9.38. The average Bonchev–Trinajstić information content (AvgIpc) is 2.38. The molecule has 20 heavy (non-hydrogen) atoms. The monoisotopic (exact) mass is 284 g/mol. The summed E-state index contributed by atoms with van der Waals surface area (Å²) in [6.07, 6.45) is -0.491. The first-order valence-electron chi connectivity index (χ1n) is 6.76. The van der Waals surface area contributed by atoms with E-state index in [2.05, 4.69) is 12.2 Å². The van der Waals surface area contributed by atoms with E-state index in [9.17, 15) is 13.2 Å². The van der Waals surface area contributed by atoms with Crippen LogP contribution in [0, 0.1) is 11.3 Å². The summed E-state index contributed by atoms with van der Waals surface area (Å²) in [5, 5.41) is 11.6. The molecular formula is C15H19F3N2. The molecule has 1 unspecified atom stereocenters. The first kappa shape index (κ1) is 16.4. The number of nitrogens with zero attached hydrogens (tertiary/aromatic N) is 1. The van der Waals surface area contributed by atoms with E-state index in [-0.39, 0.29) is 17.3 Å². The Balaban J connectivity index is 2.86. The van der Waals surface area contributed by atoms with E-state index in [1.807, 2.05) is 6.92 Å². The molecule has 0 bridgehead atoms. The molecule has 110 valence electrons. The van der Waals surface area contributed by atoms with Crippen LogP contribution in [0.1, 0.15) is 50.7 Å². The number of rotatable bonds is 6. The summed E-state index contributed by atoms with van der Waals surface area (Å²) >= 11 is 0. The lowest BCUT2D eigenvalue weighted by Gasteiger charge is -2.19. The van der Waals surface area contributed by atoms with Gasteiger partial charge in [-0.05, 0) is 31.5 Å². The summed E-state index contributed by atoms with van der Waals surface area (Å²) in [6.45, 7) is 3.95. The lowest BCUT2D eigenvalue weighted by atomic mass is 10.1. The second-order valence-electron chi connectivity index (χ2n) is 4.91. The van der Waals surface area contributed by atoms with Gasteiger partial charge in [-0.3, -0.25) is 0 Å². The fraction of sp³-hybridized carbons (Fsp3) is 0.533. The highest BCUT2D eigenvalue weighted by Crippen LogP contribution is 2.35. The van der Waals surface area contributed by atoms with Gasteiger partial charge in [-0.1, -0.05) is 26.2 Å². The highest BCUT2D eigenvalue weighted by atomic mass is 19.4. The minimum atomic E-state index is -4.46. The summed E-state index contributed by atoms with van der Waals surface area (Å²) in [4.78, 5) is 0. The molecule has 1 aromatic carbocycles. The Labute approximate surface area is 117 Å². The quantitative estimate of drug-likeness (QED) is 0.749. The van der Waals surface area contributed by atoms with Crippen molar-refractivity contribution in [2.45, 2.75) is 51.7 Å². The fourth-order valence-electron chi connectivity index (χ4n) is 2.01. The summed E-state index contributed by atoms with van der Waals surface area (Å²) < 4.78 is 38.9. The molecule has 2 nitrogen and oxygen atoms in total. The minimum absolute atomic E-state index is 0.0153. The summed E-state index contributed by atoms with van der Waals surface area (Å²) in [6, 6.07) is 5.32. The number of halogens is 3. The van der Waals surface area contributed by atoms with Crippen molar-refractivity contribution in [3.8, 4) is 6.07 Å². The third-order valence-corrected chi connectivity index (χ3v) is 3.10. The molecule has 0 spiro atoms. The predicted octanol–water partition coefficient (Wildman–Crippen LogP) is 4.96. The van der Waals surface area contributed by atoms with E-state index in [1.165, 1.54) is 12.1 Å². The van der Waals surface area contributed by atoms with Crippen LogP contribution in [-0.4, -0.2) is 6.04 Å².